The first-order valence-corrected chi connectivity index (χ1v) is 10.9. The van der Waals surface area contributed by atoms with Crippen molar-refractivity contribution in [3.63, 3.8) is 0 Å². The largest absolute Gasteiger partial charge is 0.573 e. The summed E-state index contributed by atoms with van der Waals surface area (Å²) in [5, 5.41) is 2.63. The molecule has 1 aromatic carbocycles. The molecule has 1 amide bonds. The van der Waals surface area contributed by atoms with Crippen molar-refractivity contribution in [2.24, 2.45) is 0 Å². The first kappa shape index (κ1) is 23.5. The number of aromatic nitrogens is 1. The third kappa shape index (κ3) is 5.56. The van der Waals surface area contributed by atoms with Crippen LogP contribution in [0.3, 0.4) is 0 Å². The molecule has 1 aliphatic rings. The fraction of sp³-hybridized carbons (Fsp3) is 0.300. The molecule has 3 rings (SSSR count). The summed E-state index contributed by atoms with van der Waals surface area (Å²) in [7, 11) is -0.820. The molecule has 2 heterocycles. The Morgan fingerprint density at radius 3 is 2.44 bits per heavy atom. The highest BCUT2D eigenvalue weighted by Gasteiger charge is 2.31. The van der Waals surface area contributed by atoms with Gasteiger partial charge in [-0.2, -0.15) is 0 Å². The summed E-state index contributed by atoms with van der Waals surface area (Å²) < 4.78 is 66.8. The number of benzene rings is 1. The zero-order valence-electron chi connectivity index (χ0n) is 17.3. The Hall–Kier alpha value is -3.12. The average Bonchev–Trinajstić information content (AvgIpc) is 2.74. The molecule has 0 saturated heterocycles. The lowest BCUT2D eigenvalue weighted by Gasteiger charge is -2.29. The summed E-state index contributed by atoms with van der Waals surface area (Å²) >= 11 is 0. The Bertz CT molecular complexity index is 1120. The minimum atomic E-state index is -4.79. The van der Waals surface area contributed by atoms with Gasteiger partial charge in [0.05, 0.1) is 0 Å². The Kier molecular flexibility index (Phi) is 6.74. The van der Waals surface area contributed by atoms with Crippen molar-refractivity contribution in [2.75, 3.05) is 37.4 Å². The SMILES string of the molecule is CN(C)S(=O)(=O)c1cccnc1N1CC=C(C(=O)Nc2ccc(OC(F)(F)F)cc2)CC1. The van der Waals surface area contributed by atoms with Gasteiger partial charge >= 0.3 is 6.36 Å². The van der Waals surface area contributed by atoms with E-state index >= 15 is 0 Å². The number of alkyl halides is 3. The van der Waals surface area contributed by atoms with Crippen LogP contribution in [0.15, 0.2) is 59.1 Å². The van der Waals surface area contributed by atoms with Crippen LogP contribution in [-0.2, 0) is 14.8 Å². The summed E-state index contributed by atoms with van der Waals surface area (Å²) in [6.07, 6.45) is -1.29. The molecule has 0 atom stereocenters. The van der Waals surface area contributed by atoms with Crippen LogP contribution in [0, 0.1) is 0 Å². The minimum absolute atomic E-state index is 0.0764. The molecule has 0 aliphatic carbocycles. The maximum Gasteiger partial charge on any atom is 0.573 e. The molecule has 0 bridgehead atoms. The van der Waals surface area contributed by atoms with Crippen LogP contribution >= 0.6 is 0 Å². The Balaban J connectivity index is 1.68. The lowest BCUT2D eigenvalue weighted by molar-refractivity contribution is -0.274. The summed E-state index contributed by atoms with van der Waals surface area (Å²) in [5.74, 6) is -0.477. The van der Waals surface area contributed by atoms with Crippen molar-refractivity contribution in [3.05, 3.63) is 54.2 Å². The normalized spacial score (nSPS) is 14.8. The highest BCUT2D eigenvalue weighted by Crippen LogP contribution is 2.28. The molecule has 0 radical (unpaired) electrons. The van der Waals surface area contributed by atoms with Gasteiger partial charge in [-0.15, -0.1) is 13.2 Å². The van der Waals surface area contributed by atoms with E-state index in [1.807, 2.05) is 0 Å². The minimum Gasteiger partial charge on any atom is -0.406 e. The van der Waals surface area contributed by atoms with E-state index in [1.54, 1.807) is 17.0 Å². The molecule has 32 heavy (non-hydrogen) atoms. The maximum absolute atomic E-state index is 12.6. The molecule has 0 saturated carbocycles. The van der Waals surface area contributed by atoms with Gasteiger partial charge in [-0.3, -0.25) is 4.79 Å². The van der Waals surface area contributed by atoms with Crippen LogP contribution in [0.1, 0.15) is 6.42 Å². The van der Waals surface area contributed by atoms with Crippen molar-refractivity contribution in [3.8, 4) is 5.75 Å². The Labute approximate surface area is 183 Å². The molecular formula is C20H21F3N4O4S. The molecular weight excluding hydrogens is 449 g/mol. The van der Waals surface area contributed by atoms with Gasteiger partial charge in [-0.05, 0) is 42.8 Å². The van der Waals surface area contributed by atoms with Gasteiger partial charge in [-0.25, -0.2) is 17.7 Å². The topological polar surface area (TPSA) is 91.8 Å². The van der Waals surface area contributed by atoms with Crippen molar-refractivity contribution >= 4 is 27.4 Å². The second-order valence-corrected chi connectivity index (χ2v) is 9.18. The number of carbonyl (C=O) groups excluding carboxylic acids is 1. The summed E-state index contributed by atoms with van der Waals surface area (Å²) in [6, 6.07) is 7.85. The second kappa shape index (κ2) is 9.17. The quantitative estimate of drug-likeness (QED) is 0.698. The molecule has 12 heteroatoms. The number of ether oxygens (including phenoxy) is 1. The van der Waals surface area contributed by atoms with E-state index in [9.17, 15) is 26.4 Å². The smallest absolute Gasteiger partial charge is 0.406 e. The number of nitrogens with zero attached hydrogens (tertiary/aromatic N) is 3. The molecule has 172 valence electrons. The lowest BCUT2D eigenvalue weighted by atomic mass is 10.1. The third-order valence-electron chi connectivity index (χ3n) is 4.66. The van der Waals surface area contributed by atoms with Gasteiger partial charge in [-0.1, -0.05) is 6.08 Å². The number of carbonyl (C=O) groups is 1. The number of anilines is 2. The average molecular weight is 470 g/mol. The number of pyridine rings is 1. The van der Waals surface area contributed by atoms with Gasteiger partial charge in [0.25, 0.3) is 5.91 Å². The monoisotopic (exact) mass is 470 g/mol. The standard InChI is InChI=1S/C20H21F3N4O4S/c1-26(2)32(29,30)17-4-3-11-24-18(17)27-12-9-14(10-13-27)19(28)25-15-5-7-16(8-6-15)31-20(21,22)23/h3-9,11H,10,12-13H2,1-2H3,(H,25,28). The molecule has 8 nitrogen and oxygen atoms in total. The molecule has 1 aliphatic heterocycles. The Morgan fingerprint density at radius 1 is 1.19 bits per heavy atom. The molecule has 1 aromatic heterocycles. The van der Waals surface area contributed by atoms with Crippen LogP contribution in [0.2, 0.25) is 0 Å². The van der Waals surface area contributed by atoms with Gasteiger partial charge in [0.1, 0.15) is 16.5 Å². The summed E-state index contributed by atoms with van der Waals surface area (Å²) in [4.78, 5) is 18.6. The fourth-order valence-electron chi connectivity index (χ4n) is 3.04. The number of sulfonamides is 1. The maximum atomic E-state index is 12.6. The fourth-order valence-corrected chi connectivity index (χ4v) is 4.09. The van der Waals surface area contributed by atoms with Crippen molar-refractivity contribution < 1.29 is 31.1 Å². The van der Waals surface area contributed by atoms with Crippen LogP contribution in [-0.4, -0.2) is 57.2 Å². The first-order chi connectivity index (χ1) is 15.0. The number of hydrogen-bond acceptors (Lipinski definition) is 6. The van der Waals surface area contributed by atoms with Crippen LogP contribution in [0.25, 0.3) is 0 Å². The van der Waals surface area contributed by atoms with Crippen molar-refractivity contribution in [2.45, 2.75) is 17.7 Å². The second-order valence-electron chi connectivity index (χ2n) is 7.06. The van der Waals surface area contributed by atoms with Gasteiger partial charge in [0.2, 0.25) is 10.0 Å². The van der Waals surface area contributed by atoms with Crippen LogP contribution in [0.4, 0.5) is 24.7 Å². The molecule has 1 N–H and O–H groups in total. The predicted molar refractivity (Wildman–Crippen MR) is 112 cm³/mol. The molecule has 2 aromatic rings. The highest BCUT2D eigenvalue weighted by molar-refractivity contribution is 7.89. The van der Waals surface area contributed by atoms with Crippen molar-refractivity contribution in [1.82, 2.24) is 9.29 Å². The van der Waals surface area contributed by atoms with E-state index in [1.165, 1.54) is 38.5 Å². The van der Waals surface area contributed by atoms with E-state index in [4.69, 9.17) is 0 Å². The van der Waals surface area contributed by atoms with Crippen LogP contribution < -0.4 is 15.0 Å². The molecule has 0 unspecified atom stereocenters. The number of rotatable bonds is 6. The van der Waals surface area contributed by atoms with Crippen LogP contribution in [0.5, 0.6) is 5.75 Å². The van der Waals surface area contributed by atoms with E-state index in [0.29, 0.717) is 30.0 Å². The zero-order valence-corrected chi connectivity index (χ0v) is 18.1. The number of halogens is 3. The Morgan fingerprint density at radius 2 is 1.88 bits per heavy atom. The van der Waals surface area contributed by atoms with E-state index in [2.05, 4.69) is 15.0 Å². The zero-order chi connectivity index (χ0) is 23.5. The summed E-state index contributed by atoms with van der Waals surface area (Å²) in [5.41, 5.74) is 0.793. The summed E-state index contributed by atoms with van der Waals surface area (Å²) in [6.45, 7) is 0.638. The highest BCUT2D eigenvalue weighted by atomic mass is 32.2. The van der Waals surface area contributed by atoms with Gasteiger partial charge in [0, 0.05) is 44.6 Å². The van der Waals surface area contributed by atoms with Gasteiger partial charge < -0.3 is 15.0 Å². The van der Waals surface area contributed by atoms with E-state index in [0.717, 1.165) is 16.4 Å². The number of hydrogen-bond donors (Lipinski definition) is 1. The third-order valence-corrected chi connectivity index (χ3v) is 6.49. The number of nitrogens with one attached hydrogen (secondary N) is 1. The predicted octanol–water partition coefficient (Wildman–Crippen LogP) is 3.01. The molecule has 0 fully saturated rings. The van der Waals surface area contributed by atoms with Gasteiger partial charge in [0.15, 0.2) is 0 Å². The first-order valence-electron chi connectivity index (χ1n) is 9.46. The number of amides is 1. The molecule has 0 spiro atoms. The van der Waals surface area contributed by atoms with E-state index < -0.39 is 22.3 Å². The van der Waals surface area contributed by atoms with E-state index in [-0.39, 0.29) is 17.2 Å². The van der Waals surface area contributed by atoms with Crippen molar-refractivity contribution in [1.29, 1.82) is 0 Å². The lowest BCUT2D eigenvalue weighted by Crippen LogP contribution is -2.34.